The minimum Gasteiger partial charge on any atom is -0.383 e. The summed E-state index contributed by atoms with van der Waals surface area (Å²) in [7, 11) is 1.78. The van der Waals surface area contributed by atoms with Crippen molar-refractivity contribution in [3.63, 3.8) is 0 Å². The number of nitrogens with one attached hydrogen (secondary N) is 1. The molecule has 90 valence electrons. The fourth-order valence-corrected chi connectivity index (χ4v) is 2.33. The Morgan fingerprint density at radius 3 is 2.73 bits per heavy atom. The molecule has 1 unspecified atom stereocenters. The van der Waals surface area contributed by atoms with Gasteiger partial charge in [-0.15, -0.1) is 0 Å². The van der Waals surface area contributed by atoms with E-state index in [1.165, 1.54) is 19.4 Å². The Morgan fingerprint density at radius 2 is 2.13 bits per heavy atom. The van der Waals surface area contributed by atoms with Crippen molar-refractivity contribution in [2.45, 2.75) is 45.2 Å². The second-order valence-electron chi connectivity index (χ2n) is 5.08. The maximum atomic E-state index is 5.29. The van der Waals surface area contributed by atoms with Gasteiger partial charge in [0, 0.05) is 38.3 Å². The summed E-state index contributed by atoms with van der Waals surface area (Å²) in [6.45, 7) is 11.0. The van der Waals surface area contributed by atoms with E-state index in [4.69, 9.17) is 4.74 Å². The molecule has 1 aliphatic rings. The van der Waals surface area contributed by atoms with E-state index in [1.54, 1.807) is 7.11 Å². The van der Waals surface area contributed by atoms with Crippen LogP contribution in [0.2, 0.25) is 0 Å². The van der Waals surface area contributed by atoms with Gasteiger partial charge in [-0.05, 0) is 26.7 Å². The first-order valence-corrected chi connectivity index (χ1v) is 6.07. The first-order valence-electron chi connectivity index (χ1n) is 6.07. The highest BCUT2D eigenvalue weighted by atomic mass is 16.5. The Labute approximate surface area is 94.2 Å². The molecule has 0 radical (unpaired) electrons. The molecule has 0 aliphatic carbocycles. The Hall–Kier alpha value is -0.120. The number of methoxy groups -OCH3 is 1. The van der Waals surface area contributed by atoms with Gasteiger partial charge in [0.25, 0.3) is 0 Å². The van der Waals surface area contributed by atoms with Gasteiger partial charge in [-0.25, -0.2) is 0 Å². The number of hydrogen-bond acceptors (Lipinski definition) is 3. The molecule has 1 atom stereocenters. The van der Waals surface area contributed by atoms with Crippen LogP contribution in [0.1, 0.15) is 33.6 Å². The summed E-state index contributed by atoms with van der Waals surface area (Å²) >= 11 is 0. The summed E-state index contributed by atoms with van der Waals surface area (Å²) in [5, 5.41) is 3.59. The lowest BCUT2D eigenvalue weighted by Crippen LogP contribution is -2.48. The van der Waals surface area contributed by atoms with Gasteiger partial charge in [0.05, 0.1) is 6.61 Å². The lowest BCUT2D eigenvalue weighted by Gasteiger charge is -2.37. The molecule has 0 spiro atoms. The largest absolute Gasteiger partial charge is 0.383 e. The van der Waals surface area contributed by atoms with E-state index in [9.17, 15) is 0 Å². The van der Waals surface area contributed by atoms with Crippen LogP contribution in [0, 0.1) is 0 Å². The SMILES string of the molecule is CCC1CCN(C(C)(C)COC)CCN1. The van der Waals surface area contributed by atoms with Gasteiger partial charge < -0.3 is 10.1 Å². The fraction of sp³-hybridized carbons (Fsp3) is 1.00. The van der Waals surface area contributed by atoms with Gasteiger partial charge in [-0.3, -0.25) is 4.90 Å². The minimum absolute atomic E-state index is 0.166. The minimum atomic E-state index is 0.166. The first kappa shape index (κ1) is 12.9. The van der Waals surface area contributed by atoms with Crippen molar-refractivity contribution in [1.29, 1.82) is 0 Å². The lowest BCUT2D eigenvalue weighted by atomic mass is 10.0. The van der Waals surface area contributed by atoms with E-state index in [2.05, 4.69) is 31.0 Å². The molecule has 0 bridgehead atoms. The summed E-state index contributed by atoms with van der Waals surface area (Å²) in [5.41, 5.74) is 0.166. The summed E-state index contributed by atoms with van der Waals surface area (Å²) in [6, 6.07) is 0.702. The third-order valence-corrected chi connectivity index (χ3v) is 3.41. The van der Waals surface area contributed by atoms with E-state index in [0.29, 0.717) is 6.04 Å². The predicted molar refractivity (Wildman–Crippen MR) is 64.2 cm³/mol. The topological polar surface area (TPSA) is 24.5 Å². The number of ether oxygens (including phenoxy) is 1. The third kappa shape index (κ3) is 3.74. The number of hydrogen-bond donors (Lipinski definition) is 1. The van der Waals surface area contributed by atoms with Crippen LogP contribution in [0.15, 0.2) is 0 Å². The normalized spacial score (nSPS) is 25.2. The average Bonchev–Trinajstić information content (AvgIpc) is 2.42. The highest BCUT2D eigenvalue weighted by molar-refractivity contribution is 4.85. The summed E-state index contributed by atoms with van der Waals surface area (Å²) in [5.74, 6) is 0. The second kappa shape index (κ2) is 5.83. The summed E-state index contributed by atoms with van der Waals surface area (Å²) in [4.78, 5) is 2.54. The van der Waals surface area contributed by atoms with Crippen LogP contribution in [-0.2, 0) is 4.74 Å². The van der Waals surface area contributed by atoms with E-state index >= 15 is 0 Å². The molecule has 1 rings (SSSR count). The van der Waals surface area contributed by atoms with Gasteiger partial charge in [-0.2, -0.15) is 0 Å². The van der Waals surface area contributed by atoms with Gasteiger partial charge in [0.15, 0.2) is 0 Å². The quantitative estimate of drug-likeness (QED) is 0.767. The molecule has 0 aromatic carbocycles. The Kier molecular flexibility index (Phi) is 5.03. The van der Waals surface area contributed by atoms with Gasteiger partial charge >= 0.3 is 0 Å². The Balaban J connectivity index is 2.49. The van der Waals surface area contributed by atoms with Crippen molar-refractivity contribution >= 4 is 0 Å². The zero-order valence-corrected chi connectivity index (χ0v) is 10.7. The van der Waals surface area contributed by atoms with Crippen molar-refractivity contribution in [2.75, 3.05) is 33.4 Å². The molecule has 0 saturated carbocycles. The van der Waals surface area contributed by atoms with Gasteiger partial charge in [-0.1, -0.05) is 6.92 Å². The zero-order chi connectivity index (χ0) is 11.3. The van der Waals surface area contributed by atoms with Crippen LogP contribution in [-0.4, -0.2) is 49.8 Å². The monoisotopic (exact) mass is 214 g/mol. The molecule has 3 nitrogen and oxygen atoms in total. The maximum absolute atomic E-state index is 5.29. The van der Waals surface area contributed by atoms with Crippen molar-refractivity contribution in [1.82, 2.24) is 10.2 Å². The van der Waals surface area contributed by atoms with Crippen LogP contribution in [0.4, 0.5) is 0 Å². The molecule has 1 N–H and O–H groups in total. The standard InChI is InChI=1S/C12H26N2O/c1-5-11-6-8-14(9-7-13-11)12(2,3)10-15-4/h11,13H,5-10H2,1-4H3. The van der Waals surface area contributed by atoms with Crippen molar-refractivity contribution < 1.29 is 4.74 Å². The molecule has 0 amide bonds. The van der Waals surface area contributed by atoms with Crippen LogP contribution < -0.4 is 5.32 Å². The van der Waals surface area contributed by atoms with Crippen LogP contribution in [0.25, 0.3) is 0 Å². The molecule has 1 saturated heterocycles. The van der Waals surface area contributed by atoms with Crippen molar-refractivity contribution in [3.8, 4) is 0 Å². The lowest BCUT2D eigenvalue weighted by molar-refractivity contribution is 0.0373. The maximum Gasteiger partial charge on any atom is 0.0641 e. The van der Waals surface area contributed by atoms with E-state index < -0.39 is 0 Å². The molecule has 0 aromatic heterocycles. The Bertz CT molecular complexity index is 182. The van der Waals surface area contributed by atoms with E-state index in [1.807, 2.05) is 0 Å². The van der Waals surface area contributed by atoms with Crippen molar-refractivity contribution in [3.05, 3.63) is 0 Å². The third-order valence-electron chi connectivity index (χ3n) is 3.41. The summed E-state index contributed by atoms with van der Waals surface area (Å²) < 4.78 is 5.29. The molecule has 1 aliphatic heterocycles. The molecular formula is C12H26N2O. The van der Waals surface area contributed by atoms with E-state index in [-0.39, 0.29) is 5.54 Å². The average molecular weight is 214 g/mol. The van der Waals surface area contributed by atoms with Crippen LogP contribution in [0.3, 0.4) is 0 Å². The highest BCUT2D eigenvalue weighted by Crippen LogP contribution is 2.17. The summed E-state index contributed by atoms with van der Waals surface area (Å²) in [6.07, 6.45) is 2.49. The van der Waals surface area contributed by atoms with E-state index in [0.717, 1.165) is 19.7 Å². The molecule has 1 heterocycles. The number of nitrogens with zero attached hydrogens (tertiary/aromatic N) is 1. The fourth-order valence-electron chi connectivity index (χ4n) is 2.33. The Morgan fingerprint density at radius 1 is 1.40 bits per heavy atom. The van der Waals surface area contributed by atoms with Gasteiger partial charge in [0.1, 0.15) is 0 Å². The van der Waals surface area contributed by atoms with Crippen LogP contribution in [0.5, 0.6) is 0 Å². The van der Waals surface area contributed by atoms with Crippen LogP contribution >= 0.6 is 0 Å². The molecule has 15 heavy (non-hydrogen) atoms. The predicted octanol–water partition coefficient (Wildman–Crippen LogP) is 1.49. The molecule has 3 heteroatoms. The molecular weight excluding hydrogens is 188 g/mol. The smallest absolute Gasteiger partial charge is 0.0641 e. The number of rotatable bonds is 4. The zero-order valence-electron chi connectivity index (χ0n) is 10.7. The van der Waals surface area contributed by atoms with Crippen molar-refractivity contribution in [2.24, 2.45) is 0 Å². The molecule has 1 fully saturated rings. The van der Waals surface area contributed by atoms with Gasteiger partial charge in [0.2, 0.25) is 0 Å². The second-order valence-corrected chi connectivity index (χ2v) is 5.08. The molecule has 0 aromatic rings. The first-order chi connectivity index (χ1) is 7.10. The highest BCUT2D eigenvalue weighted by Gasteiger charge is 2.28.